The standard InChI is InChI=1S/C8H6O5/c9-3-6-7(12)1-5(11)2-8(6)13-4-10/h1-4,11-12H. The van der Waals surface area contributed by atoms with Crippen LogP contribution >= 0.6 is 0 Å². The van der Waals surface area contributed by atoms with Crippen molar-refractivity contribution in [2.24, 2.45) is 0 Å². The second kappa shape index (κ2) is 3.57. The molecule has 0 aliphatic heterocycles. The van der Waals surface area contributed by atoms with Crippen molar-refractivity contribution < 1.29 is 24.5 Å². The smallest absolute Gasteiger partial charge is 0.298 e. The molecule has 0 atom stereocenters. The van der Waals surface area contributed by atoms with Gasteiger partial charge in [-0.2, -0.15) is 0 Å². The molecule has 0 fully saturated rings. The number of aromatic hydroxyl groups is 2. The van der Waals surface area contributed by atoms with Gasteiger partial charge in [-0.1, -0.05) is 0 Å². The highest BCUT2D eigenvalue weighted by atomic mass is 16.5. The molecule has 0 amide bonds. The highest BCUT2D eigenvalue weighted by Gasteiger charge is 2.10. The maximum Gasteiger partial charge on any atom is 0.298 e. The van der Waals surface area contributed by atoms with Gasteiger partial charge in [0.05, 0.1) is 5.56 Å². The quantitative estimate of drug-likeness (QED) is 0.663. The summed E-state index contributed by atoms with van der Waals surface area (Å²) < 4.78 is 4.36. The van der Waals surface area contributed by atoms with Crippen molar-refractivity contribution in [2.45, 2.75) is 0 Å². The van der Waals surface area contributed by atoms with Crippen molar-refractivity contribution >= 4 is 12.8 Å². The van der Waals surface area contributed by atoms with E-state index in [0.29, 0.717) is 6.29 Å². The predicted octanol–water partition coefficient (Wildman–Crippen LogP) is 0.445. The van der Waals surface area contributed by atoms with Gasteiger partial charge in [0, 0.05) is 12.1 Å². The summed E-state index contributed by atoms with van der Waals surface area (Å²) in [5.41, 5.74) is -0.176. The van der Waals surface area contributed by atoms with Crippen molar-refractivity contribution in [3.63, 3.8) is 0 Å². The van der Waals surface area contributed by atoms with Crippen LogP contribution in [0, 0.1) is 0 Å². The Bertz CT molecular complexity index is 345. The Morgan fingerprint density at radius 2 is 1.92 bits per heavy atom. The lowest BCUT2D eigenvalue weighted by molar-refractivity contribution is -0.120. The molecule has 5 nitrogen and oxygen atoms in total. The molecule has 0 aliphatic rings. The molecular formula is C8H6O5. The molecule has 13 heavy (non-hydrogen) atoms. The summed E-state index contributed by atoms with van der Waals surface area (Å²) in [6.07, 6.45) is 0.327. The third kappa shape index (κ3) is 1.76. The molecule has 0 aromatic heterocycles. The van der Waals surface area contributed by atoms with E-state index in [9.17, 15) is 9.59 Å². The monoisotopic (exact) mass is 182 g/mol. The zero-order valence-electron chi connectivity index (χ0n) is 6.43. The SMILES string of the molecule is O=COc1cc(O)cc(O)c1C=O. The highest BCUT2D eigenvalue weighted by molar-refractivity contribution is 5.84. The Hall–Kier alpha value is -2.04. The fraction of sp³-hybridized carbons (Fsp3) is 0. The predicted molar refractivity (Wildman–Crippen MR) is 41.9 cm³/mol. The zero-order valence-corrected chi connectivity index (χ0v) is 6.43. The molecule has 0 saturated carbocycles. The van der Waals surface area contributed by atoms with Crippen molar-refractivity contribution in [1.29, 1.82) is 0 Å². The summed E-state index contributed by atoms with van der Waals surface area (Å²) in [6, 6.07) is 2.03. The van der Waals surface area contributed by atoms with E-state index in [-0.39, 0.29) is 23.5 Å². The van der Waals surface area contributed by atoms with Gasteiger partial charge in [0.15, 0.2) is 6.29 Å². The number of ether oxygens (including phenoxy) is 1. The van der Waals surface area contributed by atoms with Gasteiger partial charge in [-0.15, -0.1) is 0 Å². The Morgan fingerprint density at radius 3 is 2.46 bits per heavy atom. The van der Waals surface area contributed by atoms with Crippen LogP contribution in [-0.2, 0) is 4.79 Å². The molecule has 5 heteroatoms. The maximum absolute atomic E-state index is 10.4. The summed E-state index contributed by atoms with van der Waals surface area (Å²) in [5.74, 6) is -0.908. The molecule has 0 heterocycles. The lowest BCUT2D eigenvalue weighted by Crippen LogP contribution is -1.94. The largest absolute Gasteiger partial charge is 0.508 e. The molecule has 0 radical (unpaired) electrons. The molecule has 1 aromatic carbocycles. The molecule has 1 rings (SSSR count). The van der Waals surface area contributed by atoms with E-state index in [1.807, 2.05) is 0 Å². The molecule has 0 bridgehead atoms. The summed E-state index contributed by atoms with van der Waals surface area (Å²) >= 11 is 0. The molecule has 68 valence electrons. The highest BCUT2D eigenvalue weighted by Crippen LogP contribution is 2.30. The number of rotatable bonds is 3. The van der Waals surface area contributed by atoms with Crippen LogP contribution in [0.4, 0.5) is 0 Å². The Labute approximate surface area is 73.2 Å². The van der Waals surface area contributed by atoms with Crippen molar-refractivity contribution in [3.05, 3.63) is 17.7 Å². The van der Waals surface area contributed by atoms with Crippen LogP contribution in [0.2, 0.25) is 0 Å². The van der Waals surface area contributed by atoms with E-state index in [1.54, 1.807) is 0 Å². The minimum atomic E-state index is -0.438. The first-order valence-electron chi connectivity index (χ1n) is 3.30. The van der Waals surface area contributed by atoms with Gasteiger partial charge in [-0.25, -0.2) is 0 Å². The Kier molecular flexibility index (Phi) is 2.49. The molecule has 1 aromatic rings. The van der Waals surface area contributed by atoms with Gasteiger partial charge in [-0.3, -0.25) is 9.59 Å². The third-order valence-corrected chi connectivity index (χ3v) is 1.40. The second-order valence-electron chi connectivity index (χ2n) is 2.21. The third-order valence-electron chi connectivity index (χ3n) is 1.40. The number of benzene rings is 1. The summed E-state index contributed by atoms with van der Waals surface area (Å²) in [7, 11) is 0. The first-order valence-corrected chi connectivity index (χ1v) is 3.30. The molecular weight excluding hydrogens is 176 g/mol. The number of hydrogen-bond acceptors (Lipinski definition) is 5. The Morgan fingerprint density at radius 1 is 1.23 bits per heavy atom. The normalized spacial score (nSPS) is 9.23. The average Bonchev–Trinajstić information content (AvgIpc) is 2.04. The van der Waals surface area contributed by atoms with Gasteiger partial charge in [0.25, 0.3) is 6.47 Å². The molecule has 0 spiro atoms. The number of phenols is 2. The summed E-state index contributed by atoms with van der Waals surface area (Å²) in [6.45, 7) is 0.0984. The molecule has 0 unspecified atom stereocenters. The number of carbonyl (C=O) groups excluding carboxylic acids is 2. The number of aldehydes is 1. The van der Waals surface area contributed by atoms with Crippen molar-refractivity contribution in [3.8, 4) is 17.2 Å². The zero-order chi connectivity index (χ0) is 9.84. The first kappa shape index (κ1) is 9.05. The average molecular weight is 182 g/mol. The van der Waals surface area contributed by atoms with Crippen molar-refractivity contribution in [2.75, 3.05) is 0 Å². The van der Waals surface area contributed by atoms with Crippen LogP contribution in [0.25, 0.3) is 0 Å². The van der Waals surface area contributed by atoms with E-state index >= 15 is 0 Å². The van der Waals surface area contributed by atoms with E-state index in [0.717, 1.165) is 12.1 Å². The number of hydrogen-bond donors (Lipinski definition) is 2. The van der Waals surface area contributed by atoms with Crippen LogP contribution in [0.15, 0.2) is 12.1 Å². The van der Waals surface area contributed by atoms with Gasteiger partial charge in [0.1, 0.15) is 17.2 Å². The van der Waals surface area contributed by atoms with Crippen molar-refractivity contribution in [1.82, 2.24) is 0 Å². The van der Waals surface area contributed by atoms with E-state index in [1.165, 1.54) is 0 Å². The minimum absolute atomic E-state index is 0.0984. The van der Waals surface area contributed by atoms with Crippen LogP contribution in [0.1, 0.15) is 10.4 Å². The lowest BCUT2D eigenvalue weighted by Gasteiger charge is -2.04. The lowest BCUT2D eigenvalue weighted by atomic mass is 10.2. The fourth-order valence-corrected chi connectivity index (χ4v) is 0.866. The first-order chi connectivity index (χ1) is 6.19. The van der Waals surface area contributed by atoms with Gasteiger partial charge < -0.3 is 14.9 Å². The van der Waals surface area contributed by atoms with Gasteiger partial charge >= 0.3 is 0 Å². The van der Waals surface area contributed by atoms with Crippen LogP contribution < -0.4 is 4.74 Å². The van der Waals surface area contributed by atoms with Crippen LogP contribution in [0.5, 0.6) is 17.2 Å². The van der Waals surface area contributed by atoms with Crippen LogP contribution in [0.3, 0.4) is 0 Å². The summed E-state index contributed by atoms with van der Waals surface area (Å²) in [5, 5.41) is 18.1. The maximum atomic E-state index is 10.4. The summed E-state index contributed by atoms with van der Waals surface area (Å²) in [4.78, 5) is 20.4. The van der Waals surface area contributed by atoms with Gasteiger partial charge in [-0.05, 0) is 0 Å². The number of phenolic OH excluding ortho intramolecular Hbond substituents is 2. The van der Waals surface area contributed by atoms with E-state index in [4.69, 9.17) is 10.2 Å². The van der Waals surface area contributed by atoms with E-state index in [2.05, 4.69) is 4.74 Å². The molecule has 0 saturated heterocycles. The minimum Gasteiger partial charge on any atom is -0.508 e. The molecule has 2 N–H and O–H groups in total. The van der Waals surface area contributed by atoms with E-state index < -0.39 is 5.75 Å². The number of carbonyl (C=O) groups is 2. The Balaban J connectivity index is 3.28. The second-order valence-corrected chi connectivity index (χ2v) is 2.21. The van der Waals surface area contributed by atoms with Gasteiger partial charge in [0.2, 0.25) is 0 Å². The fourth-order valence-electron chi connectivity index (χ4n) is 0.866. The van der Waals surface area contributed by atoms with Crippen LogP contribution in [-0.4, -0.2) is 23.0 Å². The topological polar surface area (TPSA) is 83.8 Å². The molecule has 0 aliphatic carbocycles.